The van der Waals surface area contributed by atoms with Gasteiger partial charge in [0, 0.05) is 6.54 Å². The zero-order valence-electron chi connectivity index (χ0n) is 12.1. The minimum absolute atomic E-state index is 0.113. The Morgan fingerprint density at radius 2 is 1.83 bits per heavy atom. The molecule has 0 heterocycles. The molecule has 1 amide bonds. The van der Waals surface area contributed by atoms with Crippen molar-refractivity contribution in [1.82, 2.24) is 10.2 Å². The topological polar surface area (TPSA) is 69.6 Å². The molecule has 0 aliphatic heterocycles. The van der Waals surface area contributed by atoms with E-state index in [2.05, 4.69) is 19.2 Å². The van der Waals surface area contributed by atoms with Crippen molar-refractivity contribution < 1.29 is 14.7 Å². The molecule has 0 saturated heterocycles. The van der Waals surface area contributed by atoms with Gasteiger partial charge in [0.25, 0.3) is 0 Å². The van der Waals surface area contributed by atoms with E-state index in [1.165, 1.54) is 0 Å². The molecule has 2 N–H and O–H groups in total. The van der Waals surface area contributed by atoms with Crippen LogP contribution in [0.5, 0.6) is 0 Å². The van der Waals surface area contributed by atoms with Crippen molar-refractivity contribution in [3.8, 4) is 0 Å². The quantitative estimate of drug-likeness (QED) is 0.689. The molecule has 18 heavy (non-hydrogen) atoms. The Kier molecular flexibility index (Phi) is 7.59. The number of carbonyl (C=O) groups is 2. The molecule has 0 bridgehead atoms. The molecule has 0 radical (unpaired) electrons. The average molecular weight is 258 g/mol. The van der Waals surface area contributed by atoms with E-state index in [1.807, 2.05) is 0 Å². The number of carboxylic acids is 1. The van der Waals surface area contributed by atoms with Gasteiger partial charge in [-0.1, -0.05) is 20.8 Å². The first-order chi connectivity index (χ1) is 8.31. The molecule has 0 aromatic carbocycles. The highest BCUT2D eigenvalue weighted by Crippen LogP contribution is 2.07. The fourth-order valence-corrected chi connectivity index (χ4v) is 1.72. The highest BCUT2D eigenvalue weighted by Gasteiger charge is 2.28. The zero-order chi connectivity index (χ0) is 14.3. The first kappa shape index (κ1) is 16.9. The Hall–Kier alpha value is -1.10. The molecule has 5 heteroatoms. The number of nitrogens with zero attached hydrogens (tertiary/aromatic N) is 1. The van der Waals surface area contributed by atoms with Crippen LogP contribution in [0, 0.1) is 5.92 Å². The maximum atomic E-state index is 11.9. The first-order valence-electron chi connectivity index (χ1n) is 6.53. The molecular formula is C13H26N2O3. The third kappa shape index (κ3) is 5.49. The van der Waals surface area contributed by atoms with Crippen LogP contribution in [-0.4, -0.2) is 47.6 Å². The summed E-state index contributed by atoms with van der Waals surface area (Å²) in [6.45, 7) is 8.37. The van der Waals surface area contributed by atoms with Crippen LogP contribution in [0.3, 0.4) is 0 Å². The second-order valence-corrected chi connectivity index (χ2v) is 5.08. The Morgan fingerprint density at radius 1 is 1.28 bits per heavy atom. The van der Waals surface area contributed by atoms with Crippen LogP contribution < -0.4 is 5.32 Å². The monoisotopic (exact) mass is 258 g/mol. The zero-order valence-corrected chi connectivity index (χ0v) is 12.1. The smallest absolute Gasteiger partial charge is 0.320 e. The SMILES string of the molecule is CCC(C(=O)O)N(C)C(C)C(=O)NCCC(C)C. The van der Waals surface area contributed by atoms with Crippen LogP contribution in [0.25, 0.3) is 0 Å². The lowest BCUT2D eigenvalue weighted by Crippen LogP contribution is -2.50. The number of hydrogen-bond donors (Lipinski definition) is 2. The summed E-state index contributed by atoms with van der Waals surface area (Å²) in [6.07, 6.45) is 1.41. The summed E-state index contributed by atoms with van der Waals surface area (Å²) in [5.74, 6) is -0.458. The lowest BCUT2D eigenvalue weighted by molar-refractivity contribution is -0.144. The summed E-state index contributed by atoms with van der Waals surface area (Å²) in [4.78, 5) is 24.5. The molecule has 2 unspecified atom stereocenters. The Bertz CT molecular complexity index is 279. The minimum Gasteiger partial charge on any atom is -0.480 e. The first-order valence-corrected chi connectivity index (χ1v) is 6.53. The maximum Gasteiger partial charge on any atom is 0.320 e. The van der Waals surface area contributed by atoms with E-state index >= 15 is 0 Å². The molecule has 0 spiro atoms. The second kappa shape index (κ2) is 8.08. The fraction of sp³-hybridized carbons (Fsp3) is 0.846. The van der Waals surface area contributed by atoms with Crippen LogP contribution in [0.1, 0.15) is 40.5 Å². The summed E-state index contributed by atoms with van der Waals surface area (Å²) >= 11 is 0. The fourth-order valence-electron chi connectivity index (χ4n) is 1.72. The number of carboxylic acid groups (broad SMARTS) is 1. The molecule has 2 atom stereocenters. The lowest BCUT2D eigenvalue weighted by atomic mass is 10.1. The molecule has 0 saturated carbocycles. The Morgan fingerprint density at radius 3 is 2.22 bits per heavy atom. The number of carbonyl (C=O) groups excluding carboxylic acids is 1. The maximum absolute atomic E-state index is 11.9. The van der Waals surface area contributed by atoms with Gasteiger partial charge in [0.2, 0.25) is 5.91 Å². The van der Waals surface area contributed by atoms with Gasteiger partial charge in [-0.25, -0.2) is 0 Å². The van der Waals surface area contributed by atoms with Crippen LogP contribution in [0.15, 0.2) is 0 Å². The molecule has 106 valence electrons. The molecule has 0 aliphatic carbocycles. The number of hydrogen-bond acceptors (Lipinski definition) is 3. The van der Waals surface area contributed by atoms with Crippen molar-refractivity contribution in [2.24, 2.45) is 5.92 Å². The van der Waals surface area contributed by atoms with E-state index in [0.717, 1.165) is 6.42 Å². The number of aliphatic carboxylic acids is 1. The van der Waals surface area contributed by atoms with Gasteiger partial charge in [-0.3, -0.25) is 14.5 Å². The third-order valence-corrected chi connectivity index (χ3v) is 3.17. The molecule has 5 nitrogen and oxygen atoms in total. The third-order valence-electron chi connectivity index (χ3n) is 3.17. The van der Waals surface area contributed by atoms with E-state index in [9.17, 15) is 9.59 Å². The largest absolute Gasteiger partial charge is 0.480 e. The van der Waals surface area contributed by atoms with E-state index in [1.54, 1.807) is 25.8 Å². The van der Waals surface area contributed by atoms with Gasteiger partial charge in [0.05, 0.1) is 6.04 Å². The second-order valence-electron chi connectivity index (χ2n) is 5.08. The Labute approximate surface area is 110 Å². The summed E-state index contributed by atoms with van der Waals surface area (Å²) in [5, 5.41) is 11.9. The van der Waals surface area contributed by atoms with Gasteiger partial charge < -0.3 is 10.4 Å². The van der Waals surface area contributed by atoms with Crippen LogP contribution in [0.2, 0.25) is 0 Å². The van der Waals surface area contributed by atoms with E-state index in [-0.39, 0.29) is 5.91 Å². The lowest BCUT2D eigenvalue weighted by Gasteiger charge is -2.29. The van der Waals surface area contributed by atoms with Crippen molar-refractivity contribution in [1.29, 1.82) is 0 Å². The molecule has 0 aromatic heterocycles. The highest BCUT2D eigenvalue weighted by molar-refractivity contribution is 5.82. The van der Waals surface area contributed by atoms with Gasteiger partial charge in [-0.2, -0.15) is 0 Å². The molecule has 0 aliphatic rings. The van der Waals surface area contributed by atoms with Gasteiger partial charge in [-0.15, -0.1) is 0 Å². The molecule has 0 aromatic rings. The molecule has 0 fully saturated rings. The van der Waals surface area contributed by atoms with E-state index < -0.39 is 18.1 Å². The van der Waals surface area contributed by atoms with Crippen molar-refractivity contribution in [2.75, 3.05) is 13.6 Å². The van der Waals surface area contributed by atoms with Gasteiger partial charge in [-0.05, 0) is 32.7 Å². The van der Waals surface area contributed by atoms with Crippen LogP contribution >= 0.6 is 0 Å². The number of likely N-dealkylation sites (N-methyl/N-ethyl adjacent to an activating group) is 1. The highest BCUT2D eigenvalue weighted by atomic mass is 16.4. The van der Waals surface area contributed by atoms with Gasteiger partial charge in [0.1, 0.15) is 6.04 Å². The summed E-state index contributed by atoms with van der Waals surface area (Å²) < 4.78 is 0. The van der Waals surface area contributed by atoms with Crippen molar-refractivity contribution in [3.63, 3.8) is 0 Å². The van der Waals surface area contributed by atoms with Crippen molar-refractivity contribution >= 4 is 11.9 Å². The summed E-state index contributed by atoms with van der Waals surface area (Å²) in [7, 11) is 1.68. The molecule has 0 rings (SSSR count). The van der Waals surface area contributed by atoms with Gasteiger partial charge >= 0.3 is 5.97 Å². The normalized spacial score (nSPS) is 14.6. The van der Waals surface area contributed by atoms with Gasteiger partial charge in [0.15, 0.2) is 0 Å². The van der Waals surface area contributed by atoms with E-state index in [4.69, 9.17) is 5.11 Å². The standard InChI is InChI=1S/C13H26N2O3/c1-6-11(13(17)18)15(5)10(4)12(16)14-8-7-9(2)3/h9-11H,6-8H2,1-5H3,(H,14,16)(H,17,18). The number of rotatable bonds is 8. The number of amides is 1. The minimum atomic E-state index is -0.887. The van der Waals surface area contributed by atoms with Crippen LogP contribution in [-0.2, 0) is 9.59 Å². The van der Waals surface area contributed by atoms with E-state index in [0.29, 0.717) is 18.9 Å². The predicted octanol–water partition coefficient (Wildman–Crippen LogP) is 1.33. The van der Waals surface area contributed by atoms with Crippen molar-refractivity contribution in [3.05, 3.63) is 0 Å². The number of nitrogens with one attached hydrogen (secondary N) is 1. The Balaban J connectivity index is 4.31. The average Bonchev–Trinajstić information content (AvgIpc) is 2.27. The van der Waals surface area contributed by atoms with Crippen LogP contribution in [0.4, 0.5) is 0 Å². The predicted molar refractivity (Wildman–Crippen MR) is 71.4 cm³/mol. The molecular weight excluding hydrogens is 232 g/mol. The summed E-state index contributed by atoms with van der Waals surface area (Å²) in [6, 6.07) is -1.05. The van der Waals surface area contributed by atoms with Crippen molar-refractivity contribution in [2.45, 2.75) is 52.6 Å². The summed E-state index contributed by atoms with van der Waals surface area (Å²) in [5.41, 5.74) is 0.